The summed E-state index contributed by atoms with van der Waals surface area (Å²) >= 11 is 5.92. The van der Waals surface area contributed by atoms with Crippen LogP contribution in [0.15, 0.2) is 72.8 Å². The monoisotopic (exact) mass is 477 g/mol. The lowest BCUT2D eigenvalue weighted by Gasteiger charge is -2.36. The van der Waals surface area contributed by atoms with Crippen LogP contribution in [-0.2, 0) is 0 Å². The zero-order valence-electron chi connectivity index (χ0n) is 19.2. The summed E-state index contributed by atoms with van der Waals surface area (Å²) in [6, 6.07) is 22.0. The van der Waals surface area contributed by atoms with E-state index < -0.39 is 0 Å². The van der Waals surface area contributed by atoms with Gasteiger partial charge in [0, 0.05) is 53.7 Å². The highest BCUT2D eigenvalue weighted by atomic mass is 35.5. The van der Waals surface area contributed by atoms with Crippen molar-refractivity contribution in [3.8, 4) is 5.75 Å². The summed E-state index contributed by atoms with van der Waals surface area (Å²) in [4.78, 5) is 29.5. The van der Waals surface area contributed by atoms with E-state index in [0.717, 1.165) is 30.9 Å². The van der Waals surface area contributed by atoms with E-state index in [0.29, 0.717) is 41.6 Å². The summed E-state index contributed by atoms with van der Waals surface area (Å²) in [7, 11) is 0. The number of nitrogens with one attached hydrogen (secondary N) is 1. The lowest BCUT2D eigenvalue weighted by Crippen LogP contribution is -2.48. The third-order valence-corrected chi connectivity index (χ3v) is 5.97. The van der Waals surface area contributed by atoms with Gasteiger partial charge in [-0.2, -0.15) is 0 Å². The molecule has 0 spiro atoms. The molecule has 1 saturated heterocycles. The van der Waals surface area contributed by atoms with Gasteiger partial charge in [-0.25, -0.2) is 0 Å². The number of amides is 2. The molecular weight excluding hydrogens is 450 g/mol. The van der Waals surface area contributed by atoms with Gasteiger partial charge in [-0.1, -0.05) is 24.6 Å². The molecule has 1 fully saturated rings. The molecule has 0 aromatic heterocycles. The van der Waals surface area contributed by atoms with E-state index in [4.69, 9.17) is 16.3 Å². The van der Waals surface area contributed by atoms with Gasteiger partial charge in [0.05, 0.1) is 6.61 Å². The largest absolute Gasteiger partial charge is 0.494 e. The van der Waals surface area contributed by atoms with E-state index in [-0.39, 0.29) is 11.8 Å². The highest BCUT2D eigenvalue weighted by Crippen LogP contribution is 2.22. The van der Waals surface area contributed by atoms with Crippen LogP contribution < -0.4 is 15.0 Å². The topological polar surface area (TPSA) is 61.9 Å². The molecule has 4 rings (SSSR count). The van der Waals surface area contributed by atoms with Crippen molar-refractivity contribution in [3.05, 3.63) is 88.9 Å². The highest BCUT2D eigenvalue weighted by Gasteiger charge is 2.22. The molecule has 34 heavy (non-hydrogen) atoms. The Hall–Kier alpha value is -3.51. The first-order valence-corrected chi connectivity index (χ1v) is 11.9. The number of hydrogen-bond donors (Lipinski definition) is 1. The third kappa shape index (κ3) is 5.88. The SMILES string of the molecule is CCCOc1cccc(C(=O)Nc2ccc(N3CCN(C(=O)c4ccc(Cl)cc4)CC3)cc2)c1. The van der Waals surface area contributed by atoms with Gasteiger partial charge in [-0.3, -0.25) is 9.59 Å². The molecule has 0 unspecified atom stereocenters. The van der Waals surface area contributed by atoms with Gasteiger partial charge in [0.15, 0.2) is 0 Å². The van der Waals surface area contributed by atoms with Crippen LogP contribution in [0.1, 0.15) is 34.1 Å². The Balaban J connectivity index is 1.31. The van der Waals surface area contributed by atoms with Gasteiger partial charge in [0.2, 0.25) is 0 Å². The van der Waals surface area contributed by atoms with Crippen molar-refractivity contribution in [1.29, 1.82) is 0 Å². The van der Waals surface area contributed by atoms with Crippen molar-refractivity contribution in [2.24, 2.45) is 0 Å². The van der Waals surface area contributed by atoms with Crippen LogP contribution in [0.4, 0.5) is 11.4 Å². The second kappa shape index (κ2) is 11.1. The smallest absolute Gasteiger partial charge is 0.255 e. The van der Waals surface area contributed by atoms with Gasteiger partial charge < -0.3 is 19.9 Å². The van der Waals surface area contributed by atoms with Gasteiger partial charge in [-0.05, 0) is 73.2 Å². The first-order valence-electron chi connectivity index (χ1n) is 11.5. The maximum atomic E-state index is 12.7. The van der Waals surface area contributed by atoms with Crippen molar-refractivity contribution in [3.63, 3.8) is 0 Å². The van der Waals surface area contributed by atoms with Crippen molar-refractivity contribution < 1.29 is 14.3 Å². The molecule has 0 saturated carbocycles. The molecule has 7 heteroatoms. The molecule has 0 atom stereocenters. The Morgan fingerprint density at radius 2 is 1.62 bits per heavy atom. The molecule has 3 aromatic rings. The van der Waals surface area contributed by atoms with Crippen molar-refractivity contribution >= 4 is 34.8 Å². The predicted molar refractivity (Wildman–Crippen MR) is 136 cm³/mol. The number of nitrogens with zero attached hydrogens (tertiary/aromatic N) is 2. The minimum Gasteiger partial charge on any atom is -0.494 e. The zero-order valence-corrected chi connectivity index (χ0v) is 19.9. The summed E-state index contributed by atoms with van der Waals surface area (Å²) in [5, 5.41) is 3.56. The Labute approximate surface area is 205 Å². The van der Waals surface area contributed by atoms with Crippen LogP contribution in [0.25, 0.3) is 0 Å². The van der Waals surface area contributed by atoms with Gasteiger partial charge >= 0.3 is 0 Å². The number of rotatable bonds is 7. The van der Waals surface area contributed by atoms with E-state index in [2.05, 4.69) is 10.2 Å². The number of benzene rings is 3. The fraction of sp³-hybridized carbons (Fsp3) is 0.259. The molecule has 1 N–H and O–H groups in total. The Morgan fingerprint density at radius 3 is 2.29 bits per heavy atom. The molecule has 0 aliphatic carbocycles. The van der Waals surface area contributed by atoms with Crippen LogP contribution in [0.5, 0.6) is 5.75 Å². The third-order valence-electron chi connectivity index (χ3n) is 5.72. The van der Waals surface area contributed by atoms with Gasteiger partial charge in [0.25, 0.3) is 11.8 Å². The average molecular weight is 478 g/mol. The Kier molecular flexibility index (Phi) is 7.70. The number of piperazine rings is 1. The second-order valence-electron chi connectivity index (χ2n) is 8.16. The van der Waals surface area contributed by atoms with Crippen molar-refractivity contribution in [2.45, 2.75) is 13.3 Å². The molecule has 1 aliphatic heterocycles. The standard InChI is InChI=1S/C27H28ClN3O3/c1-2-18-34-25-5-3-4-21(19-25)26(32)29-23-10-12-24(13-11-23)30-14-16-31(17-15-30)27(33)20-6-8-22(28)9-7-20/h3-13,19H,2,14-18H2,1H3,(H,29,32). The molecule has 6 nitrogen and oxygen atoms in total. The normalized spacial score (nSPS) is 13.5. The number of carbonyl (C=O) groups excluding carboxylic acids is 2. The van der Waals surface area contributed by atoms with Crippen LogP contribution in [-0.4, -0.2) is 49.5 Å². The predicted octanol–water partition coefficient (Wildman–Crippen LogP) is 5.34. The highest BCUT2D eigenvalue weighted by molar-refractivity contribution is 6.30. The van der Waals surface area contributed by atoms with Crippen LogP contribution >= 0.6 is 11.6 Å². The van der Waals surface area contributed by atoms with Gasteiger partial charge in [0.1, 0.15) is 5.75 Å². The fourth-order valence-corrected chi connectivity index (χ4v) is 3.97. The van der Waals surface area contributed by atoms with E-state index in [9.17, 15) is 9.59 Å². The molecule has 1 heterocycles. The summed E-state index contributed by atoms with van der Waals surface area (Å²) < 4.78 is 5.62. The maximum absolute atomic E-state index is 12.7. The number of anilines is 2. The van der Waals surface area contributed by atoms with Crippen molar-refractivity contribution in [1.82, 2.24) is 4.90 Å². The van der Waals surface area contributed by atoms with Crippen LogP contribution in [0.3, 0.4) is 0 Å². The van der Waals surface area contributed by atoms with E-state index in [1.54, 1.807) is 36.4 Å². The summed E-state index contributed by atoms with van der Waals surface area (Å²) in [6.45, 7) is 5.45. The average Bonchev–Trinajstić information content (AvgIpc) is 2.88. The molecular formula is C27H28ClN3O3. The molecule has 1 aliphatic rings. The molecule has 0 radical (unpaired) electrons. The Morgan fingerprint density at radius 1 is 0.912 bits per heavy atom. The number of ether oxygens (including phenoxy) is 1. The minimum absolute atomic E-state index is 0.0264. The maximum Gasteiger partial charge on any atom is 0.255 e. The lowest BCUT2D eigenvalue weighted by atomic mass is 10.1. The zero-order chi connectivity index (χ0) is 23.9. The molecule has 176 valence electrons. The summed E-state index contributed by atoms with van der Waals surface area (Å²) in [5.41, 5.74) is 3.00. The number of halogens is 1. The summed E-state index contributed by atoms with van der Waals surface area (Å²) in [6.07, 6.45) is 0.913. The minimum atomic E-state index is -0.177. The quantitative estimate of drug-likeness (QED) is 0.498. The molecule has 2 amide bonds. The Bertz CT molecular complexity index is 1120. The van der Waals surface area contributed by atoms with E-state index in [1.807, 2.05) is 48.2 Å². The second-order valence-corrected chi connectivity index (χ2v) is 8.60. The fourth-order valence-electron chi connectivity index (χ4n) is 3.85. The molecule has 0 bridgehead atoms. The number of carbonyl (C=O) groups is 2. The lowest BCUT2D eigenvalue weighted by molar-refractivity contribution is 0.0746. The first kappa shape index (κ1) is 23.6. The summed E-state index contributed by atoms with van der Waals surface area (Å²) in [5.74, 6) is 0.543. The van der Waals surface area contributed by atoms with Crippen LogP contribution in [0.2, 0.25) is 5.02 Å². The van der Waals surface area contributed by atoms with E-state index in [1.165, 1.54) is 0 Å². The van der Waals surface area contributed by atoms with E-state index >= 15 is 0 Å². The molecule has 3 aromatic carbocycles. The van der Waals surface area contributed by atoms with Gasteiger partial charge in [-0.15, -0.1) is 0 Å². The van der Waals surface area contributed by atoms with Crippen molar-refractivity contribution in [2.75, 3.05) is 43.0 Å². The first-order chi connectivity index (χ1) is 16.5. The van der Waals surface area contributed by atoms with Crippen LogP contribution in [0, 0.1) is 0 Å². The number of hydrogen-bond acceptors (Lipinski definition) is 4.